The second kappa shape index (κ2) is 10.1. The highest BCUT2D eigenvalue weighted by Crippen LogP contribution is 2.50. The van der Waals surface area contributed by atoms with E-state index in [1.165, 1.54) is 5.56 Å². The third kappa shape index (κ3) is 4.77. The highest BCUT2D eigenvalue weighted by atomic mass is 16.5. The quantitative estimate of drug-likeness (QED) is 0.473. The van der Waals surface area contributed by atoms with Crippen molar-refractivity contribution in [1.29, 1.82) is 0 Å². The molecule has 2 fully saturated rings. The van der Waals surface area contributed by atoms with Crippen molar-refractivity contribution >= 4 is 5.91 Å². The van der Waals surface area contributed by atoms with E-state index >= 15 is 0 Å². The molecule has 9 heteroatoms. The second-order valence-corrected chi connectivity index (χ2v) is 11.9. The molecule has 2 aliphatic rings. The van der Waals surface area contributed by atoms with Gasteiger partial charge in [0.15, 0.2) is 0 Å². The summed E-state index contributed by atoms with van der Waals surface area (Å²) in [5.74, 6) is 0.903. The molecule has 208 valence electrons. The van der Waals surface area contributed by atoms with Gasteiger partial charge in [0.05, 0.1) is 0 Å². The maximum atomic E-state index is 12.5. The zero-order valence-corrected chi connectivity index (χ0v) is 23.5. The number of piperidine rings is 1. The molecule has 2 aliphatic heterocycles. The molecule has 0 bridgehead atoms. The Morgan fingerprint density at radius 3 is 2.38 bits per heavy atom. The van der Waals surface area contributed by atoms with Crippen molar-refractivity contribution in [1.82, 2.24) is 24.9 Å². The van der Waals surface area contributed by atoms with Gasteiger partial charge in [0.2, 0.25) is 11.7 Å². The number of benzene rings is 1. The van der Waals surface area contributed by atoms with Gasteiger partial charge < -0.3 is 24.5 Å². The Bertz CT molecular complexity index is 1320. The molecule has 2 aromatic heterocycles. The minimum Gasteiger partial charge on any atom is -0.380 e. The molecule has 0 aliphatic carbocycles. The number of likely N-dealkylation sites (tertiary alicyclic amines) is 2. The van der Waals surface area contributed by atoms with Gasteiger partial charge >= 0.3 is 0 Å². The number of carbonyl (C=O) groups excluding carboxylic acids is 1. The van der Waals surface area contributed by atoms with Crippen molar-refractivity contribution in [3.63, 3.8) is 0 Å². The van der Waals surface area contributed by atoms with Crippen molar-refractivity contribution in [2.75, 3.05) is 33.2 Å². The summed E-state index contributed by atoms with van der Waals surface area (Å²) in [6, 6.07) is 10.1. The normalized spacial score (nSPS) is 20.5. The summed E-state index contributed by atoms with van der Waals surface area (Å²) in [5.41, 5.74) is 0.278. The first-order valence-electron chi connectivity index (χ1n) is 13.8. The van der Waals surface area contributed by atoms with Gasteiger partial charge in [-0.15, -0.1) is 0 Å². The molecule has 39 heavy (non-hydrogen) atoms. The van der Waals surface area contributed by atoms with Crippen LogP contribution in [-0.4, -0.2) is 74.3 Å². The lowest BCUT2D eigenvalue weighted by molar-refractivity contribution is -0.136. The molecule has 2 N–H and O–H groups in total. The lowest BCUT2D eigenvalue weighted by Crippen LogP contribution is -2.63. The molecule has 1 aromatic carbocycles. The van der Waals surface area contributed by atoms with Crippen LogP contribution < -0.4 is 0 Å². The van der Waals surface area contributed by atoms with E-state index in [0.29, 0.717) is 55.2 Å². The van der Waals surface area contributed by atoms with E-state index < -0.39 is 16.6 Å². The molecule has 2 saturated heterocycles. The van der Waals surface area contributed by atoms with Crippen LogP contribution in [0.3, 0.4) is 0 Å². The van der Waals surface area contributed by atoms with Crippen molar-refractivity contribution in [3.8, 4) is 11.4 Å². The molecule has 1 atom stereocenters. The van der Waals surface area contributed by atoms with Crippen LogP contribution in [0.1, 0.15) is 75.5 Å². The maximum absolute atomic E-state index is 12.5. The molecule has 0 saturated carbocycles. The van der Waals surface area contributed by atoms with Crippen LogP contribution in [0.25, 0.3) is 11.4 Å². The number of hydrogen-bond donors (Lipinski definition) is 2. The van der Waals surface area contributed by atoms with Gasteiger partial charge in [0, 0.05) is 74.4 Å². The number of rotatable bonds is 7. The fourth-order valence-corrected chi connectivity index (χ4v) is 6.20. The van der Waals surface area contributed by atoms with Gasteiger partial charge in [0.25, 0.3) is 5.89 Å². The van der Waals surface area contributed by atoms with Crippen molar-refractivity contribution in [2.24, 2.45) is 5.41 Å². The third-order valence-corrected chi connectivity index (χ3v) is 8.59. The maximum Gasteiger partial charge on any atom is 0.259 e. The Kier molecular flexibility index (Phi) is 7.11. The Morgan fingerprint density at radius 1 is 1.13 bits per heavy atom. The van der Waals surface area contributed by atoms with Crippen molar-refractivity contribution < 1.29 is 19.5 Å². The number of pyridine rings is 1. The van der Waals surface area contributed by atoms with E-state index in [9.17, 15) is 15.0 Å². The number of amides is 1. The first-order valence-corrected chi connectivity index (χ1v) is 13.8. The number of aromatic nitrogens is 3. The minimum absolute atomic E-state index is 0.0730. The van der Waals surface area contributed by atoms with E-state index in [0.717, 1.165) is 18.7 Å². The van der Waals surface area contributed by atoms with Crippen LogP contribution in [0.5, 0.6) is 0 Å². The van der Waals surface area contributed by atoms with Gasteiger partial charge in [-0.3, -0.25) is 9.78 Å². The van der Waals surface area contributed by atoms with Crippen LogP contribution in [0.4, 0.5) is 0 Å². The van der Waals surface area contributed by atoms with E-state index in [4.69, 9.17) is 4.52 Å². The fraction of sp³-hybridized carbons (Fsp3) is 0.533. The summed E-state index contributed by atoms with van der Waals surface area (Å²) in [5, 5.41) is 27.9. The zero-order valence-electron chi connectivity index (χ0n) is 23.5. The summed E-state index contributed by atoms with van der Waals surface area (Å²) in [4.78, 5) is 25.0. The number of carbonyl (C=O) groups is 1. The van der Waals surface area contributed by atoms with E-state index in [-0.39, 0.29) is 11.8 Å². The van der Waals surface area contributed by atoms with Crippen LogP contribution in [0, 0.1) is 5.41 Å². The molecule has 3 aromatic rings. The van der Waals surface area contributed by atoms with Gasteiger partial charge in [-0.2, -0.15) is 4.98 Å². The largest absolute Gasteiger partial charge is 0.380 e. The standard InChI is InChI=1S/C30H39N5O4/c1-6-25(36)35-13-11-29(37,12-14-35)27-32-26(33-39-27)22-15-24(17-31-16-22)30(38,28(4)18-34(5)19-28)23-9-7-21(8-10-23)20(2)3/h7-10,15-17,20,37-38H,6,11-14,18-19H2,1-5H3/t30-/m0/s1. The molecule has 9 nitrogen and oxygen atoms in total. The average molecular weight is 534 g/mol. The van der Waals surface area contributed by atoms with Crippen LogP contribution in [-0.2, 0) is 16.0 Å². The molecule has 0 spiro atoms. The van der Waals surface area contributed by atoms with Crippen LogP contribution in [0.15, 0.2) is 47.2 Å². The van der Waals surface area contributed by atoms with E-state index in [1.807, 2.05) is 32.2 Å². The Hall–Kier alpha value is -3.14. The molecule has 0 radical (unpaired) electrons. The summed E-state index contributed by atoms with van der Waals surface area (Å²) < 4.78 is 5.53. The summed E-state index contributed by atoms with van der Waals surface area (Å²) >= 11 is 0. The smallest absolute Gasteiger partial charge is 0.259 e. The number of nitrogens with zero attached hydrogens (tertiary/aromatic N) is 5. The predicted octanol–water partition coefficient (Wildman–Crippen LogP) is 3.66. The van der Waals surface area contributed by atoms with E-state index in [2.05, 4.69) is 52.9 Å². The zero-order chi connectivity index (χ0) is 28.0. The van der Waals surface area contributed by atoms with Crippen molar-refractivity contribution in [3.05, 3.63) is 65.3 Å². The van der Waals surface area contributed by atoms with Gasteiger partial charge in [-0.25, -0.2) is 0 Å². The second-order valence-electron chi connectivity index (χ2n) is 11.9. The minimum atomic E-state index is -1.29. The van der Waals surface area contributed by atoms with Crippen LogP contribution in [0.2, 0.25) is 0 Å². The topological polar surface area (TPSA) is 116 Å². The summed E-state index contributed by atoms with van der Waals surface area (Å²) in [6.07, 6.45) is 4.45. The molecule has 5 rings (SSSR count). The summed E-state index contributed by atoms with van der Waals surface area (Å²) in [7, 11) is 2.05. The predicted molar refractivity (Wildman–Crippen MR) is 147 cm³/mol. The molecule has 4 heterocycles. The SMILES string of the molecule is CCC(=O)N1CCC(O)(c2nc(-c3cncc([C@@](O)(c4ccc(C(C)C)cc4)C4(C)CN(C)C4)c3)no2)CC1. The monoisotopic (exact) mass is 533 g/mol. The molecular formula is C30H39N5O4. The van der Waals surface area contributed by atoms with Gasteiger partial charge in [0.1, 0.15) is 11.2 Å². The van der Waals surface area contributed by atoms with E-state index in [1.54, 1.807) is 17.3 Å². The Labute approximate surface area is 229 Å². The lowest BCUT2D eigenvalue weighted by atomic mass is 9.62. The lowest BCUT2D eigenvalue weighted by Gasteiger charge is -2.55. The number of hydrogen-bond acceptors (Lipinski definition) is 8. The molecule has 1 amide bonds. The molecular weight excluding hydrogens is 494 g/mol. The first-order chi connectivity index (χ1) is 18.5. The average Bonchev–Trinajstić information content (AvgIpc) is 3.43. The van der Waals surface area contributed by atoms with Gasteiger partial charge in [-0.1, -0.05) is 57.1 Å². The first kappa shape index (κ1) is 27.4. The highest BCUT2D eigenvalue weighted by Gasteiger charge is 2.55. The summed E-state index contributed by atoms with van der Waals surface area (Å²) in [6.45, 7) is 10.6. The number of aliphatic hydroxyl groups is 2. The molecule has 0 unspecified atom stereocenters. The highest BCUT2D eigenvalue weighted by molar-refractivity contribution is 5.75. The Morgan fingerprint density at radius 2 is 1.79 bits per heavy atom. The van der Waals surface area contributed by atoms with Crippen molar-refractivity contribution in [2.45, 2.75) is 64.1 Å². The fourth-order valence-electron chi connectivity index (χ4n) is 6.20. The Balaban J connectivity index is 1.46. The van der Waals surface area contributed by atoms with Gasteiger partial charge in [-0.05, 0) is 30.2 Å². The van der Waals surface area contributed by atoms with Crippen LogP contribution >= 0.6 is 0 Å². The third-order valence-electron chi connectivity index (χ3n) is 8.59.